The lowest BCUT2D eigenvalue weighted by molar-refractivity contribution is -0.122. The third-order valence-corrected chi connectivity index (χ3v) is 5.75. The normalized spacial score (nSPS) is 25.7. The molecule has 7 heteroatoms. The van der Waals surface area contributed by atoms with E-state index in [1.807, 2.05) is 18.2 Å². The van der Waals surface area contributed by atoms with Gasteiger partial charge in [-0.25, -0.2) is 12.7 Å². The van der Waals surface area contributed by atoms with Crippen LogP contribution in [0.1, 0.15) is 12.0 Å². The number of benzene rings is 1. The predicted molar refractivity (Wildman–Crippen MR) is 79.1 cm³/mol. The number of carbonyl (C=O) groups is 1. The zero-order valence-corrected chi connectivity index (χ0v) is 13.1. The average Bonchev–Trinajstić information content (AvgIpc) is 2.98. The molecule has 1 aromatic carbocycles. The first-order valence-corrected chi connectivity index (χ1v) is 8.56. The van der Waals surface area contributed by atoms with E-state index in [1.165, 1.54) is 10.6 Å². The molecular formula is C14H18N2O4S. The molecule has 2 aliphatic rings. The number of amides is 1. The van der Waals surface area contributed by atoms with E-state index >= 15 is 0 Å². The Balaban J connectivity index is 2.11. The predicted octanol–water partition coefficient (Wildman–Crippen LogP) is 0.575. The van der Waals surface area contributed by atoms with Gasteiger partial charge in [0.1, 0.15) is 5.75 Å². The first-order chi connectivity index (χ1) is 9.79. The number of carbonyl (C=O) groups excluding carboxylic acids is 1. The Morgan fingerprint density at radius 1 is 1.33 bits per heavy atom. The lowest BCUT2D eigenvalue weighted by Crippen LogP contribution is -2.41. The maximum atomic E-state index is 12.7. The minimum Gasteiger partial charge on any atom is -0.497 e. The molecule has 21 heavy (non-hydrogen) atoms. The molecule has 0 saturated carbocycles. The number of methoxy groups -OCH3 is 1. The van der Waals surface area contributed by atoms with Crippen LogP contribution in [-0.4, -0.2) is 52.1 Å². The van der Waals surface area contributed by atoms with E-state index in [9.17, 15) is 13.2 Å². The fraction of sp³-hybridized carbons (Fsp3) is 0.500. The number of hydrogen-bond acceptors (Lipinski definition) is 4. The van der Waals surface area contributed by atoms with E-state index < -0.39 is 15.4 Å². The maximum Gasteiger partial charge on any atom is 0.238 e. The van der Waals surface area contributed by atoms with Gasteiger partial charge in [-0.05, 0) is 30.2 Å². The van der Waals surface area contributed by atoms with Gasteiger partial charge in [0.05, 0.1) is 18.8 Å². The number of sulfonamides is 1. The Morgan fingerprint density at radius 3 is 2.62 bits per heavy atom. The molecule has 2 heterocycles. The number of nitrogens with zero attached hydrogens (tertiary/aromatic N) is 2. The molecule has 0 aliphatic carbocycles. The standard InChI is InChI=1S/C14H18N2O4S/c1-15-12-5-4-10(20-2)8-11(12)14(13(15)17)6-7-16(9-14)21(3,18)19/h4-5,8H,6-7,9H2,1-3H3. The molecule has 1 unspecified atom stereocenters. The maximum absolute atomic E-state index is 12.7. The molecule has 1 atom stereocenters. The van der Waals surface area contributed by atoms with Crippen molar-refractivity contribution in [3.8, 4) is 5.75 Å². The SMILES string of the molecule is COc1ccc2c(c1)C1(CCN(S(C)(=O)=O)C1)C(=O)N2C. The molecule has 1 saturated heterocycles. The lowest BCUT2D eigenvalue weighted by atomic mass is 9.81. The van der Waals surface area contributed by atoms with Crippen LogP contribution in [0.15, 0.2) is 18.2 Å². The minimum absolute atomic E-state index is 0.0445. The third-order valence-electron chi connectivity index (χ3n) is 4.50. The Kier molecular flexibility index (Phi) is 3.04. The summed E-state index contributed by atoms with van der Waals surface area (Å²) in [4.78, 5) is 14.3. The van der Waals surface area contributed by atoms with Crippen LogP contribution in [0.2, 0.25) is 0 Å². The van der Waals surface area contributed by atoms with Crippen molar-refractivity contribution < 1.29 is 17.9 Å². The summed E-state index contributed by atoms with van der Waals surface area (Å²) in [6, 6.07) is 5.51. The van der Waals surface area contributed by atoms with Crippen LogP contribution in [0.5, 0.6) is 5.75 Å². The van der Waals surface area contributed by atoms with Crippen molar-refractivity contribution in [2.24, 2.45) is 0 Å². The quantitative estimate of drug-likeness (QED) is 0.801. The van der Waals surface area contributed by atoms with Crippen LogP contribution in [-0.2, 0) is 20.2 Å². The monoisotopic (exact) mass is 310 g/mol. The Hall–Kier alpha value is -1.60. The molecule has 1 aromatic rings. The Labute approximate surface area is 124 Å². The van der Waals surface area contributed by atoms with E-state index in [2.05, 4.69) is 0 Å². The highest BCUT2D eigenvalue weighted by Crippen LogP contribution is 2.48. The van der Waals surface area contributed by atoms with Crippen LogP contribution in [0, 0.1) is 0 Å². The van der Waals surface area contributed by atoms with Gasteiger partial charge in [-0.2, -0.15) is 0 Å². The van der Waals surface area contributed by atoms with E-state index in [0.29, 0.717) is 18.7 Å². The molecular weight excluding hydrogens is 292 g/mol. The van der Waals surface area contributed by atoms with E-state index in [1.54, 1.807) is 19.1 Å². The summed E-state index contributed by atoms with van der Waals surface area (Å²) in [7, 11) is 0.00964. The van der Waals surface area contributed by atoms with Gasteiger partial charge in [0.25, 0.3) is 0 Å². The number of hydrogen-bond donors (Lipinski definition) is 0. The number of likely N-dealkylation sites (N-methyl/N-ethyl adjacent to an activating group) is 1. The summed E-state index contributed by atoms with van der Waals surface area (Å²) < 4.78 is 30.2. The largest absolute Gasteiger partial charge is 0.497 e. The van der Waals surface area contributed by atoms with Gasteiger partial charge in [0.2, 0.25) is 15.9 Å². The summed E-state index contributed by atoms with van der Waals surface area (Å²) in [6.45, 7) is 0.574. The van der Waals surface area contributed by atoms with Crippen LogP contribution in [0.25, 0.3) is 0 Å². The minimum atomic E-state index is -3.29. The van der Waals surface area contributed by atoms with E-state index in [4.69, 9.17) is 4.74 Å². The molecule has 3 rings (SSSR count). The molecule has 1 fully saturated rings. The van der Waals surface area contributed by atoms with Crippen molar-refractivity contribution in [3.05, 3.63) is 23.8 Å². The number of ether oxygens (including phenoxy) is 1. The molecule has 1 spiro atoms. The molecule has 6 nitrogen and oxygen atoms in total. The highest BCUT2D eigenvalue weighted by molar-refractivity contribution is 7.88. The highest BCUT2D eigenvalue weighted by Gasteiger charge is 2.55. The van der Waals surface area contributed by atoms with Gasteiger partial charge in [0, 0.05) is 25.8 Å². The zero-order chi connectivity index (χ0) is 15.4. The topological polar surface area (TPSA) is 66.9 Å². The molecule has 2 aliphatic heterocycles. The second kappa shape index (κ2) is 4.45. The Morgan fingerprint density at radius 2 is 2.05 bits per heavy atom. The summed E-state index contributed by atoms with van der Waals surface area (Å²) in [5.74, 6) is 0.630. The van der Waals surface area contributed by atoms with Crippen molar-refractivity contribution in [2.75, 3.05) is 38.4 Å². The van der Waals surface area contributed by atoms with Crippen LogP contribution in [0.3, 0.4) is 0 Å². The summed E-state index contributed by atoms with van der Waals surface area (Å²) in [5.41, 5.74) is 0.915. The first-order valence-electron chi connectivity index (χ1n) is 6.71. The number of rotatable bonds is 2. The third kappa shape index (κ3) is 1.95. The van der Waals surface area contributed by atoms with Gasteiger partial charge in [-0.15, -0.1) is 0 Å². The van der Waals surface area contributed by atoms with Crippen LogP contribution < -0.4 is 9.64 Å². The van der Waals surface area contributed by atoms with Crippen molar-refractivity contribution in [1.82, 2.24) is 4.31 Å². The van der Waals surface area contributed by atoms with Crippen LogP contribution in [0.4, 0.5) is 5.69 Å². The number of fused-ring (bicyclic) bond motifs is 2. The number of anilines is 1. The van der Waals surface area contributed by atoms with Gasteiger partial charge in [-0.3, -0.25) is 4.79 Å². The van der Waals surface area contributed by atoms with Crippen molar-refractivity contribution >= 4 is 21.6 Å². The fourth-order valence-electron chi connectivity index (χ4n) is 3.32. The summed E-state index contributed by atoms with van der Waals surface area (Å²) >= 11 is 0. The molecule has 114 valence electrons. The van der Waals surface area contributed by atoms with Crippen LogP contribution >= 0.6 is 0 Å². The van der Waals surface area contributed by atoms with E-state index in [0.717, 1.165) is 11.3 Å². The zero-order valence-electron chi connectivity index (χ0n) is 12.3. The Bertz CT molecular complexity index is 716. The molecule has 1 amide bonds. The van der Waals surface area contributed by atoms with Gasteiger partial charge >= 0.3 is 0 Å². The summed E-state index contributed by atoms with van der Waals surface area (Å²) in [6.07, 6.45) is 1.69. The van der Waals surface area contributed by atoms with Gasteiger partial charge < -0.3 is 9.64 Å². The van der Waals surface area contributed by atoms with Crippen molar-refractivity contribution in [1.29, 1.82) is 0 Å². The second-order valence-corrected chi connectivity index (χ2v) is 7.66. The highest BCUT2D eigenvalue weighted by atomic mass is 32.2. The molecule has 0 aromatic heterocycles. The van der Waals surface area contributed by atoms with Gasteiger partial charge in [0.15, 0.2) is 0 Å². The van der Waals surface area contributed by atoms with Crippen molar-refractivity contribution in [3.63, 3.8) is 0 Å². The lowest BCUT2D eigenvalue weighted by Gasteiger charge is -2.22. The van der Waals surface area contributed by atoms with Gasteiger partial charge in [-0.1, -0.05) is 0 Å². The van der Waals surface area contributed by atoms with E-state index in [-0.39, 0.29) is 12.5 Å². The van der Waals surface area contributed by atoms with Crippen molar-refractivity contribution in [2.45, 2.75) is 11.8 Å². The smallest absolute Gasteiger partial charge is 0.238 e. The molecule has 0 radical (unpaired) electrons. The summed E-state index contributed by atoms with van der Waals surface area (Å²) in [5, 5.41) is 0. The molecule has 0 N–H and O–H groups in total. The second-order valence-electron chi connectivity index (χ2n) is 5.68. The average molecular weight is 310 g/mol. The molecule has 0 bridgehead atoms. The fourth-order valence-corrected chi connectivity index (χ4v) is 4.19. The first kappa shape index (κ1) is 14.3.